The molecule has 8 nitrogen and oxygen atoms in total. The molecule has 3 rings (SSSR count). The molecule has 1 aromatic heterocycles. The van der Waals surface area contributed by atoms with Gasteiger partial charge in [0.15, 0.2) is 0 Å². The largest absolute Gasteiger partial charge is 0.326 e. The maximum atomic E-state index is 12.4. The summed E-state index contributed by atoms with van der Waals surface area (Å²) in [5, 5.41) is 15.5. The van der Waals surface area contributed by atoms with Crippen molar-refractivity contribution in [2.75, 3.05) is 10.6 Å². The fourth-order valence-electron chi connectivity index (χ4n) is 2.89. The molecule has 9 heteroatoms. The van der Waals surface area contributed by atoms with Crippen molar-refractivity contribution < 1.29 is 9.59 Å². The van der Waals surface area contributed by atoms with Crippen molar-refractivity contribution in [3.63, 3.8) is 0 Å². The van der Waals surface area contributed by atoms with Crippen molar-refractivity contribution in [1.82, 2.24) is 9.97 Å². The Hall–Kier alpha value is -3.96. The van der Waals surface area contributed by atoms with Crippen molar-refractivity contribution in [1.29, 1.82) is 5.26 Å². The highest BCUT2D eigenvalue weighted by Gasteiger charge is 2.17. The minimum absolute atomic E-state index is 0.0814. The average Bonchev–Trinajstić information content (AvgIpc) is 2.75. The molecule has 0 aliphatic heterocycles. The number of rotatable bonds is 7. The van der Waals surface area contributed by atoms with Crippen LogP contribution in [0.5, 0.6) is 0 Å². The summed E-state index contributed by atoms with van der Waals surface area (Å²) in [6, 6.07) is 15.1. The number of benzene rings is 2. The molecule has 0 aliphatic carbocycles. The minimum Gasteiger partial charge on any atom is -0.326 e. The number of nitrogens with one attached hydrogen (secondary N) is 3. The van der Waals surface area contributed by atoms with Crippen LogP contribution in [0.1, 0.15) is 25.8 Å². The zero-order chi connectivity index (χ0) is 23.3. The molecular formula is C23H20ClN5O3. The zero-order valence-corrected chi connectivity index (χ0v) is 18.2. The SMILES string of the molecule is CC(C)CC(=O)C(=O)Nc1ccc(-c2nc(Nc3ccc(Cl)cc3)[nH]c(=O)c2C#N)cc1. The molecule has 3 N–H and O–H groups in total. The first-order valence-electron chi connectivity index (χ1n) is 9.78. The molecule has 0 atom stereocenters. The topological polar surface area (TPSA) is 128 Å². The Bertz CT molecular complexity index is 1240. The van der Waals surface area contributed by atoms with Gasteiger partial charge in [0.25, 0.3) is 11.5 Å². The van der Waals surface area contributed by atoms with Gasteiger partial charge in [0.1, 0.15) is 11.6 Å². The summed E-state index contributed by atoms with van der Waals surface area (Å²) in [6.45, 7) is 3.72. The van der Waals surface area contributed by atoms with Gasteiger partial charge in [-0.25, -0.2) is 4.98 Å². The van der Waals surface area contributed by atoms with E-state index in [1.54, 1.807) is 48.5 Å². The number of aromatic amines is 1. The second kappa shape index (κ2) is 9.90. The predicted molar refractivity (Wildman–Crippen MR) is 123 cm³/mol. The summed E-state index contributed by atoms with van der Waals surface area (Å²) in [6.07, 6.45) is 0.162. The second-order valence-electron chi connectivity index (χ2n) is 7.43. The van der Waals surface area contributed by atoms with E-state index in [0.29, 0.717) is 22.0 Å². The van der Waals surface area contributed by atoms with Gasteiger partial charge in [-0.3, -0.25) is 19.4 Å². The Morgan fingerprint density at radius 2 is 1.72 bits per heavy atom. The number of Topliss-reactive ketones (excluding diaryl/α,β-unsaturated/α-hetero) is 1. The third kappa shape index (κ3) is 5.59. The number of anilines is 3. The molecule has 0 aliphatic rings. The van der Waals surface area contributed by atoms with Crippen LogP contribution >= 0.6 is 11.6 Å². The van der Waals surface area contributed by atoms with Crippen LogP contribution in [-0.4, -0.2) is 21.7 Å². The summed E-state index contributed by atoms with van der Waals surface area (Å²) in [7, 11) is 0. The molecule has 1 heterocycles. The van der Waals surface area contributed by atoms with Gasteiger partial charge >= 0.3 is 0 Å². The molecule has 1 amide bonds. The quantitative estimate of drug-likeness (QED) is 0.462. The number of nitrogens with zero attached hydrogens (tertiary/aromatic N) is 2. The number of carbonyl (C=O) groups is 2. The van der Waals surface area contributed by atoms with Crippen molar-refractivity contribution in [3.05, 3.63) is 69.5 Å². The van der Waals surface area contributed by atoms with Gasteiger partial charge in [0, 0.05) is 28.4 Å². The van der Waals surface area contributed by atoms with Gasteiger partial charge in [-0.15, -0.1) is 0 Å². The van der Waals surface area contributed by atoms with E-state index >= 15 is 0 Å². The standard InChI is InChI=1S/C23H20ClN5O3/c1-13(2)11-19(30)22(32)26-16-7-3-14(4-8-16)20-18(12-25)21(31)29-23(28-20)27-17-9-5-15(24)6-10-17/h3-10,13H,11H2,1-2H3,(H,26,32)(H2,27,28,29,31). The predicted octanol–water partition coefficient (Wildman–Crippen LogP) is 4.26. The molecular weight excluding hydrogens is 430 g/mol. The van der Waals surface area contributed by atoms with Gasteiger partial charge in [-0.2, -0.15) is 5.26 Å². The van der Waals surface area contributed by atoms with Crippen LogP contribution in [0.25, 0.3) is 11.3 Å². The van der Waals surface area contributed by atoms with Gasteiger partial charge < -0.3 is 10.6 Å². The van der Waals surface area contributed by atoms with E-state index in [2.05, 4.69) is 20.6 Å². The number of aromatic nitrogens is 2. The molecule has 0 saturated carbocycles. The summed E-state index contributed by atoms with van der Waals surface area (Å²) in [5.41, 5.74) is 1.01. The van der Waals surface area contributed by atoms with Gasteiger partial charge in [0.2, 0.25) is 11.7 Å². The van der Waals surface area contributed by atoms with E-state index in [4.69, 9.17) is 11.6 Å². The molecule has 0 fully saturated rings. The van der Waals surface area contributed by atoms with Crippen LogP contribution in [0, 0.1) is 17.2 Å². The monoisotopic (exact) mass is 449 g/mol. The average molecular weight is 450 g/mol. The van der Waals surface area contributed by atoms with Crippen LogP contribution in [0.2, 0.25) is 5.02 Å². The molecule has 0 radical (unpaired) electrons. The van der Waals surface area contributed by atoms with E-state index in [9.17, 15) is 19.6 Å². The molecule has 2 aromatic carbocycles. The third-order valence-corrected chi connectivity index (χ3v) is 4.65. The highest BCUT2D eigenvalue weighted by Crippen LogP contribution is 2.24. The lowest BCUT2D eigenvalue weighted by molar-refractivity contribution is -0.135. The van der Waals surface area contributed by atoms with E-state index in [1.165, 1.54) is 0 Å². The summed E-state index contributed by atoms with van der Waals surface area (Å²) >= 11 is 5.89. The fraction of sp³-hybridized carbons (Fsp3) is 0.174. The van der Waals surface area contributed by atoms with E-state index in [-0.39, 0.29) is 29.5 Å². The van der Waals surface area contributed by atoms with Gasteiger partial charge in [-0.05, 0) is 42.3 Å². The van der Waals surface area contributed by atoms with Gasteiger partial charge in [-0.1, -0.05) is 37.6 Å². The Kier molecular flexibility index (Phi) is 7.03. The lowest BCUT2D eigenvalue weighted by Gasteiger charge is -2.10. The number of halogens is 1. The normalized spacial score (nSPS) is 10.5. The maximum Gasteiger partial charge on any atom is 0.291 e. The van der Waals surface area contributed by atoms with Crippen LogP contribution in [-0.2, 0) is 9.59 Å². The molecule has 0 saturated heterocycles. The molecule has 0 spiro atoms. The van der Waals surface area contributed by atoms with Crippen LogP contribution < -0.4 is 16.2 Å². The number of H-pyrrole nitrogens is 1. The van der Waals surface area contributed by atoms with Crippen LogP contribution in [0.4, 0.5) is 17.3 Å². The number of carbonyl (C=O) groups excluding carboxylic acids is 2. The summed E-state index contributed by atoms with van der Waals surface area (Å²) in [5.74, 6) is -0.946. The Labute approximate surface area is 189 Å². The van der Waals surface area contributed by atoms with Crippen LogP contribution in [0.15, 0.2) is 53.3 Å². The minimum atomic E-state index is -0.687. The second-order valence-corrected chi connectivity index (χ2v) is 7.87. The molecule has 0 bridgehead atoms. The van der Waals surface area contributed by atoms with E-state index < -0.39 is 17.2 Å². The Morgan fingerprint density at radius 1 is 1.09 bits per heavy atom. The van der Waals surface area contributed by atoms with Crippen molar-refractivity contribution in [2.45, 2.75) is 20.3 Å². The number of ketones is 1. The third-order valence-electron chi connectivity index (χ3n) is 4.40. The summed E-state index contributed by atoms with van der Waals surface area (Å²) in [4.78, 5) is 43.2. The number of hydrogen-bond donors (Lipinski definition) is 3. The molecule has 32 heavy (non-hydrogen) atoms. The molecule has 0 unspecified atom stereocenters. The smallest absolute Gasteiger partial charge is 0.291 e. The van der Waals surface area contributed by atoms with Crippen molar-refractivity contribution in [3.8, 4) is 17.3 Å². The first-order valence-corrected chi connectivity index (χ1v) is 10.2. The number of amides is 1. The van der Waals surface area contributed by atoms with E-state index in [1.807, 2.05) is 19.9 Å². The highest BCUT2D eigenvalue weighted by molar-refractivity contribution is 6.40. The highest BCUT2D eigenvalue weighted by atomic mass is 35.5. The van der Waals surface area contributed by atoms with Crippen molar-refractivity contribution in [2.24, 2.45) is 5.92 Å². The Balaban J connectivity index is 1.86. The molecule has 3 aromatic rings. The fourth-order valence-corrected chi connectivity index (χ4v) is 3.02. The van der Waals surface area contributed by atoms with Crippen molar-refractivity contribution >= 4 is 40.6 Å². The molecule has 162 valence electrons. The first-order chi connectivity index (χ1) is 15.3. The number of hydrogen-bond acceptors (Lipinski definition) is 6. The maximum absolute atomic E-state index is 12.4. The lowest BCUT2D eigenvalue weighted by atomic mass is 10.1. The summed E-state index contributed by atoms with van der Waals surface area (Å²) < 4.78 is 0. The Morgan fingerprint density at radius 3 is 2.31 bits per heavy atom. The lowest BCUT2D eigenvalue weighted by Crippen LogP contribution is -2.23. The van der Waals surface area contributed by atoms with Gasteiger partial charge in [0.05, 0.1) is 5.69 Å². The first kappa shape index (κ1) is 22.7. The van der Waals surface area contributed by atoms with E-state index in [0.717, 1.165) is 0 Å². The number of nitriles is 1. The zero-order valence-electron chi connectivity index (χ0n) is 17.4. The van der Waals surface area contributed by atoms with Crippen LogP contribution in [0.3, 0.4) is 0 Å².